The molecule has 0 aromatic heterocycles. The van der Waals surface area contributed by atoms with Crippen LogP contribution in [0.3, 0.4) is 0 Å². The van der Waals surface area contributed by atoms with Crippen LogP contribution in [-0.4, -0.2) is 0 Å². The predicted molar refractivity (Wildman–Crippen MR) is 65.5 cm³/mol. The van der Waals surface area contributed by atoms with E-state index >= 15 is 0 Å². The van der Waals surface area contributed by atoms with Crippen LogP contribution in [0.15, 0.2) is 30.3 Å². The highest BCUT2D eigenvalue weighted by Gasteiger charge is 2.23. The van der Waals surface area contributed by atoms with Crippen molar-refractivity contribution >= 4 is 31.9 Å². The van der Waals surface area contributed by atoms with E-state index in [0.717, 1.165) is 6.42 Å². The third-order valence-electron chi connectivity index (χ3n) is 2.04. The van der Waals surface area contributed by atoms with Gasteiger partial charge < -0.3 is 0 Å². The highest BCUT2D eigenvalue weighted by molar-refractivity contribution is 9.24. The van der Waals surface area contributed by atoms with Gasteiger partial charge in [-0.05, 0) is 12.0 Å². The summed E-state index contributed by atoms with van der Waals surface area (Å²) in [5, 5.41) is 0. The zero-order valence-corrected chi connectivity index (χ0v) is 10.9. The van der Waals surface area contributed by atoms with E-state index in [-0.39, 0.29) is 3.23 Å². The number of benzene rings is 1. The van der Waals surface area contributed by atoms with Crippen molar-refractivity contribution in [2.45, 2.75) is 29.4 Å². The largest absolute Gasteiger partial charge is 0.105 e. The maximum absolute atomic E-state index is 3.71. The number of unbranched alkanes of at least 4 members (excludes halogenated alkanes) is 1. The van der Waals surface area contributed by atoms with E-state index in [0.29, 0.717) is 0 Å². The lowest BCUT2D eigenvalue weighted by Gasteiger charge is -2.20. The molecule has 0 N–H and O–H groups in total. The van der Waals surface area contributed by atoms with Gasteiger partial charge >= 0.3 is 0 Å². The van der Waals surface area contributed by atoms with Crippen molar-refractivity contribution in [2.75, 3.05) is 0 Å². The van der Waals surface area contributed by atoms with Crippen molar-refractivity contribution < 1.29 is 0 Å². The van der Waals surface area contributed by atoms with E-state index in [2.05, 4.69) is 63.0 Å². The number of hydrogen-bond acceptors (Lipinski definition) is 0. The van der Waals surface area contributed by atoms with Gasteiger partial charge in [0.2, 0.25) is 0 Å². The summed E-state index contributed by atoms with van der Waals surface area (Å²) >= 11 is 7.42. The first kappa shape index (κ1) is 11.3. The van der Waals surface area contributed by atoms with E-state index in [9.17, 15) is 0 Å². The molecule has 13 heavy (non-hydrogen) atoms. The second-order valence-electron chi connectivity index (χ2n) is 3.17. The Balaban J connectivity index is 2.69. The molecule has 0 nitrogen and oxygen atoms in total. The Labute approximate surface area is 97.0 Å². The highest BCUT2D eigenvalue weighted by atomic mass is 79.9. The third-order valence-corrected chi connectivity index (χ3v) is 3.75. The van der Waals surface area contributed by atoms with E-state index in [1.165, 1.54) is 18.4 Å². The molecule has 2 heteroatoms. The van der Waals surface area contributed by atoms with Crippen molar-refractivity contribution in [3.05, 3.63) is 35.9 Å². The lowest BCUT2D eigenvalue weighted by atomic mass is 10.1. The minimum Gasteiger partial charge on any atom is -0.0674 e. The van der Waals surface area contributed by atoms with Gasteiger partial charge in [-0.3, -0.25) is 0 Å². The van der Waals surface area contributed by atoms with Crippen LogP contribution in [-0.2, 0) is 3.23 Å². The Morgan fingerprint density at radius 1 is 1.15 bits per heavy atom. The lowest BCUT2D eigenvalue weighted by molar-refractivity contribution is 0.691. The molecule has 0 aliphatic rings. The minimum atomic E-state index is -0.0305. The summed E-state index contributed by atoms with van der Waals surface area (Å²) in [6.07, 6.45) is 3.57. The fourth-order valence-electron chi connectivity index (χ4n) is 1.23. The minimum absolute atomic E-state index is 0.0305. The Morgan fingerprint density at radius 3 is 2.31 bits per heavy atom. The molecule has 0 aliphatic heterocycles. The summed E-state index contributed by atoms with van der Waals surface area (Å²) in [6.45, 7) is 2.21. The number of hydrogen-bond donors (Lipinski definition) is 0. The first-order valence-corrected chi connectivity index (χ1v) is 6.19. The smallest absolute Gasteiger partial charge is 0.0674 e. The van der Waals surface area contributed by atoms with Crippen molar-refractivity contribution in [1.29, 1.82) is 0 Å². The topological polar surface area (TPSA) is 0 Å². The Hall–Kier alpha value is 0.180. The molecule has 0 heterocycles. The van der Waals surface area contributed by atoms with Crippen molar-refractivity contribution in [1.82, 2.24) is 0 Å². The molecule has 0 aliphatic carbocycles. The maximum Gasteiger partial charge on any atom is 0.105 e. The van der Waals surface area contributed by atoms with Crippen LogP contribution in [0.4, 0.5) is 0 Å². The van der Waals surface area contributed by atoms with Gasteiger partial charge in [-0.2, -0.15) is 0 Å². The van der Waals surface area contributed by atoms with E-state index in [1.54, 1.807) is 0 Å². The van der Waals surface area contributed by atoms with Gasteiger partial charge in [0.1, 0.15) is 3.23 Å². The molecule has 0 saturated heterocycles. The van der Waals surface area contributed by atoms with Gasteiger partial charge in [-0.1, -0.05) is 82.0 Å². The molecule has 72 valence electrons. The number of alkyl halides is 2. The first-order chi connectivity index (χ1) is 6.17. The third kappa shape index (κ3) is 3.43. The first-order valence-electron chi connectivity index (χ1n) is 4.60. The van der Waals surface area contributed by atoms with Gasteiger partial charge in [0, 0.05) is 0 Å². The van der Waals surface area contributed by atoms with Gasteiger partial charge in [-0.15, -0.1) is 0 Å². The average Bonchev–Trinajstić information content (AvgIpc) is 2.16. The second-order valence-corrected chi connectivity index (χ2v) is 6.95. The zero-order chi connectivity index (χ0) is 9.73. The second kappa shape index (κ2) is 5.16. The summed E-state index contributed by atoms with van der Waals surface area (Å²) in [4.78, 5) is 0. The highest BCUT2D eigenvalue weighted by Crippen LogP contribution is 2.42. The molecule has 0 amide bonds. The quantitative estimate of drug-likeness (QED) is 0.700. The molecule has 0 saturated carbocycles. The Morgan fingerprint density at radius 2 is 1.77 bits per heavy atom. The molecule has 1 aromatic carbocycles. The molecule has 1 rings (SSSR count). The molecule has 0 radical (unpaired) electrons. The molecule has 0 atom stereocenters. The van der Waals surface area contributed by atoms with Crippen molar-refractivity contribution in [2.24, 2.45) is 0 Å². The van der Waals surface area contributed by atoms with Gasteiger partial charge in [-0.25, -0.2) is 0 Å². The SMILES string of the molecule is CCCCC(Br)(Br)c1ccccc1. The van der Waals surface area contributed by atoms with Crippen molar-refractivity contribution in [3.63, 3.8) is 0 Å². The number of halogens is 2. The molecular formula is C11H14Br2. The van der Waals surface area contributed by atoms with Crippen molar-refractivity contribution in [3.8, 4) is 0 Å². The maximum atomic E-state index is 3.71. The molecule has 0 spiro atoms. The van der Waals surface area contributed by atoms with Crippen LogP contribution < -0.4 is 0 Å². The Kier molecular flexibility index (Phi) is 4.47. The predicted octanol–water partition coefficient (Wildman–Crippen LogP) is 4.82. The van der Waals surface area contributed by atoms with Crippen LogP contribution in [0.1, 0.15) is 31.7 Å². The van der Waals surface area contributed by atoms with Gasteiger partial charge in [0.25, 0.3) is 0 Å². The Bertz CT molecular complexity index is 242. The van der Waals surface area contributed by atoms with E-state index < -0.39 is 0 Å². The van der Waals surface area contributed by atoms with E-state index in [4.69, 9.17) is 0 Å². The van der Waals surface area contributed by atoms with Crippen LogP contribution in [0.5, 0.6) is 0 Å². The lowest BCUT2D eigenvalue weighted by Crippen LogP contribution is -2.07. The van der Waals surface area contributed by atoms with Gasteiger partial charge in [0.05, 0.1) is 0 Å². The summed E-state index contributed by atoms with van der Waals surface area (Å²) in [7, 11) is 0. The summed E-state index contributed by atoms with van der Waals surface area (Å²) in [6, 6.07) is 10.5. The summed E-state index contributed by atoms with van der Waals surface area (Å²) in [5.74, 6) is 0. The standard InChI is InChI=1S/C11H14Br2/c1-2-3-9-11(12,13)10-7-5-4-6-8-10/h4-8H,2-3,9H2,1H3. The monoisotopic (exact) mass is 304 g/mol. The summed E-state index contributed by atoms with van der Waals surface area (Å²) < 4.78 is -0.0305. The molecule has 0 fully saturated rings. The molecule has 0 unspecified atom stereocenters. The van der Waals surface area contributed by atoms with Gasteiger partial charge in [0.15, 0.2) is 0 Å². The van der Waals surface area contributed by atoms with Crippen LogP contribution in [0.2, 0.25) is 0 Å². The molecule has 0 bridgehead atoms. The normalized spacial score (nSPS) is 11.6. The van der Waals surface area contributed by atoms with E-state index in [1.807, 2.05) is 6.07 Å². The average molecular weight is 306 g/mol. The summed E-state index contributed by atoms with van der Waals surface area (Å²) in [5.41, 5.74) is 1.29. The van der Waals surface area contributed by atoms with Crippen LogP contribution in [0.25, 0.3) is 0 Å². The van der Waals surface area contributed by atoms with Crippen LogP contribution in [0, 0.1) is 0 Å². The zero-order valence-electron chi connectivity index (χ0n) is 7.76. The fraction of sp³-hybridized carbons (Fsp3) is 0.455. The molecular weight excluding hydrogens is 292 g/mol. The molecule has 1 aromatic rings. The number of rotatable bonds is 4. The fourth-order valence-corrected chi connectivity index (χ4v) is 2.31. The van der Waals surface area contributed by atoms with Crippen LogP contribution >= 0.6 is 31.9 Å².